The van der Waals surface area contributed by atoms with E-state index < -0.39 is 0 Å². The molecule has 0 spiro atoms. The summed E-state index contributed by atoms with van der Waals surface area (Å²) in [6, 6.07) is 0. The fraction of sp³-hybridized carbons (Fsp3) is 0.778. The molecule has 7 heteroatoms. The van der Waals surface area contributed by atoms with Gasteiger partial charge in [0.05, 0.1) is 0 Å². The van der Waals surface area contributed by atoms with E-state index in [1.807, 2.05) is 6.92 Å². The molecular formula is C9H17ClN2O2S2. The lowest BCUT2D eigenvalue weighted by atomic mass is 10.4. The van der Waals surface area contributed by atoms with E-state index in [2.05, 4.69) is 10.6 Å². The van der Waals surface area contributed by atoms with Gasteiger partial charge in [0, 0.05) is 31.0 Å². The first-order chi connectivity index (χ1) is 7.70. The fourth-order valence-electron chi connectivity index (χ4n) is 0.754. The van der Waals surface area contributed by atoms with Gasteiger partial charge in [0.1, 0.15) is 5.88 Å². The molecule has 0 radical (unpaired) electrons. The maximum atomic E-state index is 10.9. The second-order valence-electron chi connectivity index (χ2n) is 2.83. The highest BCUT2D eigenvalue weighted by atomic mass is 35.5. The van der Waals surface area contributed by atoms with Gasteiger partial charge in [-0.15, -0.1) is 11.6 Å². The van der Waals surface area contributed by atoms with Crippen LogP contribution in [0.4, 0.5) is 0 Å². The van der Waals surface area contributed by atoms with Crippen LogP contribution in [-0.2, 0) is 9.59 Å². The van der Waals surface area contributed by atoms with Gasteiger partial charge in [0.15, 0.2) is 0 Å². The molecule has 0 saturated heterocycles. The summed E-state index contributed by atoms with van der Waals surface area (Å²) in [5.74, 6) is 1.68. The van der Waals surface area contributed by atoms with E-state index >= 15 is 0 Å². The van der Waals surface area contributed by atoms with Gasteiger partial charge in [-0.25, -0.2) is 0 Å². The third-order valence-electron chi connectivity index (χ3n) is 1.54. The first-order valence-corrected chi connectivity index (χ1v) is 8.06. The minimum Gasteiger partial charge on any atom is -0.355 e. The lowest BCUT2D eigenvalue weighted by Crippen LogP contribution is -2.26. The number of nitrogens with one attached hydrogen (secondary N) is 2. The van der Waals surface area contributed by atoms with E-state index in [9.17, 15) is 9.59 Å². The summed E-state index contributed by atoms with van der Waals surface area (Å²) in [5, 5.41) is 5.47. The summed E-state index contributed by atoms with van der Waals surface area (Å²) in [5.41, 5.74) is 0. The molecule has 0 aromatic rings. The van der Waals surface area contributed by atoms with E-state index in [0.717, 1.165) is 11.5 Å². The highest BCUT2D eigenvalue weighted by Gasteiger charge is 1.98. The Morgan fingerprint density at radius 3 is 2.00 bits per heavy atom. The van der Waals surface area contributed by atoms with Crippen molar-refractivity contribution in [1.82, 2.24) is 10.6 Å². The number of rotatable bonds is 9. The van der Waals surface area contributed by atoms with Crippen LogP contribution in [0.15, 0.2) is 0 Å². The maximum absolute atomic E-state index is 10.9. The molecule has 0 aliphatic carbocycles. The van der Waals surface area contributed by atoms with Crippen molar-refractivity contribution in [3.8, 4) is 0 Å². The van der Waals surface area contributed by atoms with Crippen LogP contribution in [0.25, 0.3) is 0 Å². The summed E-state index contributed by atoms with van der Waals surface area (Å²) in [4.78, 5) is 21.6. The fourth-order valence-corrected chi connectivity index (χ4v) is 2.66. The van der Waals surface area contributed by atoms with Gasteiger partial charge in [0.25, 0.3) is 0 Å². The van der Waals surface area contributed by atoms with Gasteiger partial charge < -0.3 is 10.6 Å². The van der Waals surface area contributed by atoms with E-state index in [4.69, 9.17) is 11.6 Å². The molecule has 0 aliphatic rings. The van der Waals surface area contributed by atoms with Crippen molar-refractivity contribution in [1.29, 1.82) is 0 Å². The topological polar surface area (TPSA) is 58.2 Å². The lowest BCUT2D eigenvalue weighted by molar-refractivity contribution is -0.120. The largest absolute Gasteiger partial charge is 0.355 e. The molecule has 0 bridgehead atoms. The number of halogens is 1. The van der Waals surface area contributed by atoms with Crippen LogP contribution in [0.1, 0.15) is 13.3 Å². The molecule has 0 atom stereocenters. The highest BCUT2D eigenvalue weighted by molar-refractivity contribution is 8.76. The number of alkyl halides is 1. The molecule has 0 saturated carbocycles. The zero-order valence-electron chi connectivity index (χ0n) is 9.25. The third-order valence-corrected chi connectivity index (χ3v) is 4.19. The highest BCUT2D eigenvalue weighted by Crippen LogP contribution is 2.19. The smallest absolute Gasteiger partial charge is 0.234 e. The molecule has 0 rings (SSSR count). The summed E-state index contributed by atoms with van der Waals surface area (Å²) in [6.07, 6.45) is 0.530. The molecule has 2 amide bonds. The average Bonchev–Trinajstić information content (AvgIpc) is 2.31. The van der Waals surface area contributed by atoms with Gasteiger partial charge in [-0.05, 0) is 0 Å². The maximum Gasteiger partial charge on any atom is 0.234 e. The summed E-state index contributed by atoms with van der Waals surface area (Å²) in [7, 11) is 3.36. The van der Waals surface area contributed by atoms with Crippen molar-refractivity contribution in [2.75, 3.05) is 30.5 Å². The Balaban J connectivity index is 3.10. The molecular weight excluding hydrogens is 268 g/mol. The van der Waals surface area contributed by atoms with Crippen molar-refractivity contribution < 1.29 is 9.59 Å². The van der Waals surface area contributed by atoms with Gasteiger partial charge in [-0.3, -0.25) is 9.59 Å². The van der Waals surface area contributed by atoms with Crippen LogP contribution in [0, 0.1) is 0 Å². The Kier molecular flexibility index (Phi) is 11.4. The molecule has 4 nitrogen and oxygen atoms in total. The van der Waals surface area contributed by atoms with E-state index in [-0.39, 0.29) is 17.7 Å². The predicted octanol–water partition coefficient (Wildman–Crippen LogP) is 1.25. The number of hydrogen-bond donors (Lipinski definition) is 2. The standard InChI is InChI=1S/C9H17ClN2O2S2/c1-2-8(13)11-3-5-15-16-6-4-12-9(14)7-10/h2-7H2,1H3,(H,11,13)(H,12,14). The van der Waals surface area contributed by atoms with Crippen LogP contribution in [0.2, 0.25) is 0 Å². The van der Waals surface area contributed by atoms with Crippen LogP contribution in [0.3, 0.4) is 0 Å². The van der Waals surface area contributed by atoms with Gasteiger partial charge in [-0.1, -0.05) is 28.5 Å². The van der Waals surface area contributed by atoms with Crippen LogP contribution < -0.4 is 10.6 Å². The SMILES string of the molecule is CCC(=O)NCCSSCCNC(=O)CCl. The normalized spacial score (nSPS) is 9.88. The molecule has 0 aliphatic heterocycles. The quantitative estimate of drug-likeness (QED) is 0.380. The molecule has 2 N–H and O–H groups in total. The number of carbonyl (C=O) groups is 2. The minimum absolute atomic E-state index is 0.0147. The minimum atomic E-state index is -0.137. The Morgan fingerprint density at radius 1 is 1.06 bits per heavy atom. The van der Waals surface area contributed by atoms with Gasteiger partial charge >= 0.3 is 0 Å². The van der Waals surface area contributed by atoms with Crippen molar-refractivity contribution in [3.05, 3.63) is 0 Å². The third kappa shape index (κ3) is 10.4. The summed E-state index contributed by atoms with van der Waals surface area (Å²) in [6.45, 7) is 3.15. The van der Waals surface area contributed by atoms with E-state index in [1.165, 1.54) is 0 Å². The Hall–Kier alpha value is -0.0700. The van der Waals surface area contributed by atoms with E-state index in [0.29, 0.717) is 19.5 Å². The second kappa shape index (κ2) is 11.4. The number of amides is 2. The van der Waals surface area contributed by atoms with Crippen molar-refractivity contribution in [3.63, 3.8) is 0 Å². The molecule has 0 fully saturated rings. The molecule has 0 aromatic carbocycles. The number of carbonyl (C=O) groups excluding carboxylic acids is 2. The average molecular weight is 285 g/mol. The number of hydrogen-bond acceptors (Lipinski definition) is 4. The van der Waals surface area contributed by atoms with Crippen molar-refractivity contribution in [2.45, 2.75) is 13.3 Å². The Morgan fingerprint density at radius 2 is 1.56 bits per heavy atom. The summed E-state index contributed by atoms with van der Waals surface area (Å²) >= 11 is 5.31. The second-order valence-corrected chi connectivity index (χ2v) is 5.80. The first kappa shape index (κ1) is 15.9. The molecule has 0 heterocycles. The predicted molar refractivity (Wildman–Crippen MR) is 71.9 cm³/mol. The molecule has 0 aromatic heterocycles. The monoisotopic (exact) mass is 284 g/mol. The zero-order valence-corrected chi connectivity index (χ0v) is 11.6. The van der Waals surface area contributed by atoms with Crippen LogP contribution in [-0.4, -0.2) is 42.3 Å². The zero-order chi connectivity index (χ0) is 12.2. The molecule has 94 valence electrons. The Labute approximate surface area is 109 Å². The van der Waals surface area contributed by atoms with Crippen molar-refractivity contribution in [2.24, 2.45) is 0 Å². The van der Waals surface area contributed by atoms with Crippen LogP contribution >= 0.6 is 33.2 Å². The molecule has 0 unspecified atom stereocenters. The van der Waals surface area contributed by atoms with Crippen LogP contribution in [0.5, 0.6) is 0 Å². The van der Waals surface area contributed by atoms with Gasteiger partial charge in [0.2, 0.25) is 11.8 Å². The van der Waals surface area contributed by atoms with Crippen molar-refractivity contribution >= 4 is 45.0 Å². The molecule has 16 heavy (non-hydrogen) atoms. The Bertz CT molecular complexity index is 196. The summed E-state index contributed by atoms with van der Waals surface area (Å²) < 4.78 is 0. The van der Waals surface area contributed by atoms with Gasteiger partial charge in [-0.2, -0.15) is 0 Å². The van der Waals surface area contributed by atoms with E-state index in [1.54, 1.807) is 21.6 Å². The lowest BCUT2D eigenvalue weighted by Gasteiger charge is -2.04. The first-order valence-electron chi connectivity index (χ1n) is 5.04.